The van der Waals surface area contributed by atoms with Crippen molar-refractivity contribution >= 4 is 24.3 Å². The summed E-state index contributed by atoms with van der Waals surface area (Å²) in [6.45, 7) is 0. The van der Waals surface area contributed by atoms with Gasteiger partial charge in [0.2, 0.25) is 11.8 Å². The predicted molar refractivity (Wildman–Crippen MR) is 136 cm³/mol. The highest BCUT2D eigenvalue weighted by atomic mass is 16.4. The number of benzene rings is 4. The van der Waals surface area contributed by atoms with Gasteiger partial charge >= 0.3 is 0 Å². The van der Waals surface area contributed by atoms with E-state index in [1.54, 1.807) is 0 Å². The monoisotopic (exact) mass is 426 g/mol. The molecule has 0 saturated heterocycles. The van der Waals surface area contributed by atoms with Crippen molar-refractivity contribution in [2.24, 2.45) is 0 Å². The van der Waals surface area contributed by atoms with Crippen LogP contribution in [0.5, 0.6) is 0 Å². The van der Waals surface area contributed by atoms with Crippen molar-refractivity contribution < 1.29 is 4.42 Å². The molecule has 0 fully saturated rings. The van der Waals surface area contributed by atoms with E-state index in [9.17, 15) is 0 Å². The molecule has 0 bridgehead atoms. The summed E-state index contributed by atoms with van der Waals surface area (Å²) in [6, 6.07) is 36.7. The van der Waals surface area contributed by atoms with Crippen LogP contribution in [0, 0.1) is 0 Å². The van der Waals surface area contributed by atoms with Crippen molar-refractivity contribution in [1.82, 2.24) is 10.2 Å². The number of hydrogen-bond acceptors (Lipinski definition) is 3. The van der Waals surface area contributed by atoms with Gasteiger partial charge in [0.1, 0.15) is 0 Å². The fourth-order valence-corrected chi connectivity index (χ4v) is 3.44. The summed E-state index contributed by atoms with van der Waals surface area (Å²) in [5.41, 5.74) is 6.36. The Morgan fingerprint density at radius 2 is 0.727 bits per heavy atom. The van der Waals surface area contributed by atoms with E-state index in [0.717, 1.165) is 22.3 Å². The topological polar surface area (TPSA) is 38.9 Å². The van der Waals surface area contributed by atoms with Gasteiger partial charge in [-0.05, 0) is 46.5 Å². The first-order valence-electron chi connectivity index (χ1n) is 10.8. The van der Waals surface area contributed by atoms with E-state index in [-0.39, 0.29) is 0 Å². The third kappa shape index (κ3) is 5.23. The van der Waals surface area contributed by atoms with Crippen LogP contribution < -0.4 is 0 Å². The molecular weight excluding hydrogens is 404 g/mol. The Bertz CT molecular complexity index is 1260. The van der Waals surface area contributed by atoms with Gasteiger partial charge < -0.3 is 4.42 Å². The largest absolute Gasteiger partial charge is 0.416 e. The Balaban J connectivity index is 1.27. The average molecular weight is 427 g/mol. The van der Waals surface area contributed by atoms with Crippen LogP contribution in [0.3, 0.4) is 0 Å². The van der Waals surface area contributed by atoms with Gasteiger partial charge in [0.05, 0.1) is 0 Å². The summed E-state index contributed by atoms with van der Waals surface area (Å²) in [7, 11) is 0. The van der Waals surface area contributed by atoms with Crippen molar-refractivity contribution in [3.63, 3.8) is 0 Å². The van der Waals surface area contributed by atoms with Crippen LogP contribution in [0.2, 0.25) is 0 Å². The molecule has 3 nitrogen and oxygen atoms in total. The Morgan fingerprint density at radius 3 is 1.09 bits per heavy atom. The highest BCUT2D eigenvalue weighted by Crippen LogP contribution is 2.25. The van der Waals surface area contributed by atoms with Gasteiger partial charge in [0, 0.05) is 11.1 Å². The third-order valence-corrected chi connectivity index (χ3v) is 5.28. The summed E-state index contributed by atoms with van der Waals surface area (Å²) in [4.78, 5) is 0. The zero-order chi connectivity index (χ0) is 22.3. The Morgan fingerprint density at radius 1 is 0.394 bits per heavy atom. The number of nitrogens with zero attached hydrogens (tertiary/aromatic N) is 2. The van der Waals surface area contributed by atoms with Crippen LogP contribution in [0.4, 0.5) is 0 Å². The first-order valence-corrected chi connectivity index (χ1v) is 10.8. The number of aromatic nitrogens is 2. The normalized spacial score (nSPS) is 11.4. The fourth-order valence-electron chi connectivity index (χ4n) is 3.44. The molecule has 33 heavy (non-hydrogen) atoms. The molecule has 4 aromatic carbocycles. The van der Waals surface area contributed by atoms with E-state index in [1.165, 1.54) is 11.1 Å². The van der Waals surface area contributed by atoms with Gasteiger partial charge in [-0.25, -0.2) is 0 Å². The minimum absolute atomic E-state index is 0.511. The molecule has 0 aliphatic rings. The maximum Gasteiger partial charge on any atom is 0.248 e. The van der Waals surface area contributed by atoms with Gasteiger partial charge in [0.25, 0.3) is 0 Å². The lowest BCUT2D eigenvalue weighted by Crippen LogP contribution is -1.79. The molecule has 0 spiro atoms. The quantitative estimate of drug-likeness (QED) is 0.261. The summed E-state index contributed by atoms with van der Waals surface area (Å²) in [5, 5.41) is 8.47. The van der Waals surface area contributed by atoms with Gasteiger partial charge in [-0.15, -0.1) is 10.2 Å². The summed E-state index contributed by atoms with van der Waals surface area (Å²) in [6.07, 6.45) is 8.37. The Labute approximate surface area is 193 Å². The summed E-state index contributed by atoms with van der Waals surface area (Å²) < 4.78 is 5.94. The van der Waals surface area contributed by atoms with E-state index >= 15 is 0 Å². The molecule has 0 aliphatic heterocycles. The molecule has 0 saturated carbocycles. The molecule has 0 aliphatic carbocycles. The molecule has 0 radical (unpaired) electrons. The lowest BCUT2D eigenvalue weighted by atomic mass is 10.1. The zero-order valence-electron chi connectivity index (χ0n) is 18.0. The minimum atomic E-state index is 0.511. The first kappa shape index (κ1) is 20.4. The van der Waals surface area contributed by atoms with Crippen LogP contribution >= 0.6 is 0 Å². The van der Waals surface area contributed by atoms with Gasteiger partial charge in [0.15, 0.2) is 0 Å². The van der Waals surface area contributed by atoms with E-state index in [0.29, 0.717) is 11.8 Å². The lowest BCUT2D eigenvalue weighted by molar-refractivity contribution is 0.584. The van der Waals surface area contributed by atoms with Crippen molar-refractivity contribution in [3.8, 4) is 22.9 Å². The summed E-state index contributed by atoms with van der Waals surface area (Å²) >= 11 is 0. The first-order chi connectivity index (χ1) is 16.3. The molecule has 3 heteroatoms. The van der Waals surface area contributed by atoms with E-state index in [4.69, 9.17) is 4.42 Å². The number of hydrogen-bond donors (Lipinski definition) is 0. The van der Waals surface area contributed by atoms with Crippen LogP contribution in [0.1, 0.15) is 22.3 Å². The molecule has 0 atom stereocenters. The molecule has 5 aromatic rings. The lowest BCUT2D eigenvalue weighted by Gasteiger charge is -1.99. The molecule has 1 aromatic heterocycles. The molecule has 0 unspecified atom stereocenters. The smallest absolute Gasteiger partial charge is 0.248 e. The highest BCUT2D eigenvalue weighted by molar-refractivity contribution is 5.72. The van der Waals surface area contributed by atoms with E-state index in [1.807, 2.05) is 84.9 Å². The molecular formula is C30H22N2O. The summed E-state index contributed by atoms with van der Waals surface area (Å²) in [5.74, 6) is 1.02. The fraction of sp³-hybridized carbons (Fsp3) is 0. The maximum atomic E-state index is 5.94. The molecule has 1 heterocycles. The van der Waals surface area contributed by atoms with Gasteiger partial charge in [-0.1, -0.05) is 109 Å². The van der Waals surface area contributed by atoms with E-state index < -0.39 is 0 Å². The number of rotatable bonds is 6. The highest BCUT2D eigenvalue weighted by Gasteiger charge is 2.10. The SMILES string of the molecule is C(=Cc1ccc(-c2nnc(-c3ccc(C=Cc4ccccc4)cc3)o2)cc1)c1ccccc1. The predicted octanol–water partition coefficient (Wildman–Crippen LogP) is 7.74. The minimum Gasteiger partial charge on any atom is -0.416 e. The second-order valence-corrected chi connectivity index (χ2v) is 7.64. The second kappa shape index (κ2) is 9.75. The standard InChI is InChI=1S/C30H22N2O/c1-3-7-23(8-4-1)11-13-25-15-19-27(20-16-25)29-31-32-30(33-29)28-21-17-26(18-22-28)14-12-24-9-5-2-6-10-24/h1-22H. The van der Waals surface area contributed by atoms with Crippen LogP contribution in [0.15, 0.2) is 114 Å². The van der Waals surface area contributed by atoms with Gasteiger partial charge in [-0.2, -0.15) is 0 Å². The third-order valence-electron chi connectivity index (χ3n) is 5.28. The van der Waals surface area contributed by atoms with E-state index in [2.05, 4.69) is 58.8 Å². The second-order valence-electron chi connectivity index (χ2n) is 7.64. The van der Waals surface area contributed by atoms with Crippen molar-refractivity contribution in [3.05, 3.63) is 131 Å². The molecule has 158 valence electrons. The van der Waals surface area contributed by atoms with Gasteiger partial charge in [-0.3, -0.25) is 0 Å². The van der Waals surface area contributed by atoms with Crippen molar-refractivity contribution in [2.75, 3.05) is 0 Å². The zero-order valence-corrected chi connectivity index (χ0v) is 18.0. The van der Waals surface area contributed by atoms with Crippen molar-refractivity contribution in [2.45, 2.75) is 0 Å². The average Bonchev–Trinajstić information content (AvgIpc) is 3.38. The molecule has 0 amide bonds. The van der Waals surface area contributed by atoms with Crippen LogP contribution in [0.25, 0.3) is 47.2 Å². The molecule has 0 N–H and O–H groups in total. The van der Waals surface area contributed by atoms with Crippen molar-refractivity contribution in [1.29, 1.82) is 0 Å². The van der Waals surface area contributed by atoms with Crippen LogP contribution in [-0.4, -0.2) is 10.2 Å². The Kier molecular flexibility index (Phi) is 6.03. The Hall–Kier alpha value is -4.50. The maximum absolute atomic E-state index is 5.94. The molecule has 5 rings (SSSR count). The van der Waals surface area contributed by atoms with Crippen LogP contribution in [-0.2, 0) is 0 Å².